The zero-order valence-corrected chi connectivity index (χ0v) is 16.5. The first-order valence-corrected chi connectivity index (χ1v) is 10.5. The Bertz CT molecular complexity index is 221. The summed E-state index contributed by atoms with van der Waals surface area (Å²) in [7, 11) is -1.45. The van der Waals surface area contributed by atoms with Crippen LogP contribution >= 0.6 is 7.26 Å². The van der Waals surface area contributed by atoms with E-state index >= 15 is 0 Å². The summed E-state index contributed by atoms with van der Waals surface area (Å²) in [5.74, 6) is 0. The Labute approximate surface area is 124 Å². The van der Waals surface area contributed by atoms with Crippen molar-refractivity contribution >= 4 is 7.26 Å². The normalized spacial score (nSPS) is 15.7. The third kappa shape index (κ3) is 4.20. The molecule has 0 saturated carbocycles. The molecule has 1 heteroatoms. The molecular formula is C18H41P. The van der Waals surface area contributed by atoms with Crippen LogP contribution in [0.2, 0.25) is 0 Å². The molecule has 0 amide bonds. The summed E-state index contributed by atoms with van der Waals surface area (Å²) in [5.41, 5.74) is 0. The van der Waals surface area contributed by atoms with Gasteiger partial charge in [0, 0.05) is 0 Å². The van der Waals surface area contributed by atoms with E-state index in [4.69, 9.17) is 0 Å². The van der Waals surface area contributed by atoms with Gasteiger partial charge in [-0.3, -0.25) is 0 Å². The van der Waals surface area contributed by atoms with E-state index in [0.29, 0.717) is 15.5 Å². The van der Waals surface area contributed by atoms with E-state index in [0.717, 1.165) is 0 Å². The first-order chi connectivity index (χ1) is 8.31. The van der Waals surface area contributed by atoms with Crippen LogP contribution in [0, 0.1) is 0 Å². The van der Waals surface area contributed by atoms with Gasteiger partial charge >= 0.3 is 124 Å². The van der Waals surface area contributed by atoms with E-state index < -0.39 is 7.26 Å². The van der Waals surface area contributed by atoms with E-state index in [1.807, 2.05) is 0 Å². The van der Waals surface area contributed by atoms with Gasteiger partial charge in [0.1, 0.15) is 0 Å². The van der Waals surface area contributed by atoms with Gasteiger partial charge in [-0.25, -0.2) is 0 Å². The van der Waals surface area contributed by atoms with E-state index in [-0.39, 0.29) is 0 Å². The monoisotopic (exact) mass is 288 g/mol. The Hall–Kier alpha value is 0.430. The van der Waals surface area contributed by atoms with Gasteiger partial charge < -0.3 is 0 Å². The van der Waals surface area contributed by atoms with Gasteiger partial charge in [0.15, 0.2) is 0 Å². The molecule has 118 valence electrons. The van der Waals surface area contributed by atoms with E-state index in [2.05, 4.69) is 69.2 Å². The molecule has 0 rings (SSSR count). The predicted octanol–water partition coefficient (Wildman–Crippen LogP) is 6.71. The second-order valence-electron chi connectivity index (χ2n) is 9.47. The molecule has 0 aliphatic rings. The second-order valence-corrected chi connectivity index (χ2v) is 16.3. The van der Waals surface area contributed by atoms with Gasteiger partial charge in [-0.05, 0) is 0 Å². The maximum atomic E-state index is 2.51. The minimum atomic E-state index is -1.45. The van der Waals surface area contributed by atoms with E-state index in [9.17, 15) is 0 Å². The molecule has 0 spiro atoms. The Kier molecular flexibility index (Phi) is 6.61. The van der Waals surface area contributed by atoms with Crippen LogP contribution in [0.4, 0.5) is 0 Å². The van der Waals surface area contributed by atoms with Gasteiger partial charge in [-0.2, -0.15) is 0 Å². The van der Waals surface area contributed by atoms with Gasteiger partial charge in [0.05, 0.1) is 0 Å². The molecule has 0 radical (unpaired) electrons. The Morgan fingerprint density at radius 2 is 0.947 bits per heavy atom. The topological polar surface area (TPSA) is 0 Å². The number of unbranched alkanes of at least 4 members (excludes halogenated alkanes) is 3. The predicted molar refractivity (Wildman–Crippen MR) is 96.6 cm³/mol. The van der Waals surface area contributed by atoms with Crippen LogP contribution in [0.15, 0.2) is 0 Å². The number of rotatable bonds is 5. The molecule has 0 aromatic rings. The number of hydrogen-bond acceptors (Lipinski definition) is 0. The van der Waals surface area contributed by atoms with Crippen LogP contribution < -0.4 is 0 Å². The summed E-state index contributed by atoms with van der Waals surface area (Å²) in [6, 6.07) is 0. The fourth-order valence-corrected chi connectivity index (χ4v) is 15.1. The van der Waals surface area contributed by atoms with Crippen molar-refractivity contribution in [2.45, 2.75) is 110 Å². The molecule has 0 nitrogen and oxygen atoms in total. The van der Waals surface area contributed by atoms with Crippen molar-refractivity contribution in [3.8, 4) is 0 Å². The standard InChI is InChI=1S/C18H41P/c1-11-12-13-14-15-19(16(2,3)4,17(5,6)7)18(8,9)10/h19H,11-15H2,1-10H3. The fraction of sp³-hybridized carbons (Fsp3) is 1.00. The molecule has 0 aliphatic heterocycles. The van der Waals surface area contributed by atoms with Crippen LogP contribution in [0.3, 0.4) is 0 Å². The number of hydrogen-bond donors (Lipinski definition) is 0. The van der Waals surface area contributed by atoms with Crippen LogP contribution in [-0.4, -0.2) is 21.6 Å². The Morgan fingerprint density at radius 1 is 0.579 bits per heavy atom. The molecule has 0 bridgehead atoms. The van der Waals surface area contributed by atoms with Crippen molar-refractivity contribution in [3.63, 3.8) is 0 Å². The maximum absolute atomic E-state index is 2.51. The molecule has 0 unspecified atom stereocenters. The summed E-state index contributed by atoms with van der Waals surface area (Å²) in [5, 5.41) is 1.40. The van der Waals surface area contributed by atoms with Gasteiger partial charge in [0.25, 0.3) is 0 Å². The molecule has 0 atom stereocenters. The summed E-state index contributed by atoms with van der Waals surface area (Å²) in [6.45, 7) is 24.9. The molecule has 0 heterocycles. The van der Waals surface area contributed by atoms with Crippen molar-refractivity contribution < 1.29 is 0 Å². The molecular weight excluding hydrogens is 247 g/mol. The molecule has 0 fully saturated rings. The van der Waals surface area contributed by atoms with E-state index in [1.165, 1.54) is 31.8 Å². The van der Waals surface area contributed by atoms with Gasteiger partial charge in [0.2, 0.25) is 0 Å². The Balaban J connectivity index is 5.44. The molecule has 0 aliphatic carbocycles. The third-order valence-corrected chi connectivity index (χ3v) is 14.0. The van der Waals surface area contributed by atoms with E-state index in [1.54, 1.807) is 0 Å². The molecule has 19 heavy (non-hydrogen) atoms. The van der Waals surface area contributed by atoms with Crippen LogP contribution in [0.1, 0.15) is 94.9 Å². The first-order valence-electron chi connectivity index (χ1n) is 8.31. The zero-order chi connectivity index (χ0) is 15.5. The van der Waals surface area contributed by atoms with Crippen molar-refractivity contribution in [2.24, 2.45) is 0 Å². The van der Waals surface area contributed by atoms with Crippen molar-refractivity contribution in [3.05, 3.63) is 0 Å². The first kappa shape index (κ1) is 19.4. The van der Waals surface area contributed by atoms with Gasteiger partial charge in [-0.15, -0.1) is 0 Å². The molecule has 0 N–H and O–H groups in total. The molecule has 0 aromatic heterocycles. The van der Waals surface area contributed by atoms with Gasteiger partial charge in [-0.1, -0.05) is 0 Å². The van der Waals surface area contributed by atoms with Crippen LogP contribution in [0.5, 0.6) is 0 Å². The summed E-state index contributed by atoms with van der Waals surface area (Å²) in [4.78, 5) is 0. The zero-order valence-electron chi connectivity index (χ0n) is 15.5. The summed E-state index contributed by atoms with van der Waals surface area (Å²) in [6.07, 6.45) is 7.10. The third-order valence-electron chi connectivity index (χ3n) is 5.25. The van der Waals surface area contributed by atoms with Crippen LogP contribution in [0.25, 0.3) is 0 Å². The summed E-state index contributed by atoms with van der Waals surface area (Å²) < 4.78 is 0. The molecule has 0 aromatic carbocycles. The fourth-order valence-electron chi connectivity index (χ4n) is 5.32. The van der Waals surface area contributed by atoms with Crippen molar-refractivity contribution in [2.75, 3.05) is 6.16 Å². The van der Waals surface area contributed by atoms with Crippen molar-refractivity contribution in [1.82, 2.24) is 0 Å². The quantitative estimate of drug-likeness (QED) is 0.389. The van der Waals surface area contributed by atoms with Crippen molar-refractivity contribution in [1.29, 1.82) is 0 Å². The summed E-state index contributed by atoms with van der Waals surface area (Å²) >= 11 is 0. The second kappa shape index (κ2) is 6.46. The average molecular weight is 288 g/mol. The Morgan fingerprint density at radius 3 is 1.21 bits per heavy atom. The SMILES string of the molecule is CCCCCC[PH](C(C)(C)C)(C(C)(C)C)C(C)(C)C. The minimum absolute atomic E-state index is 0.468. The average Bonchev–Trinajstić information content (AvgIpc) is 2.10. The van der Waals surface area contributed by atoms with Crippen LogP contribution in [-0.2, 0) is 0 Å². The molecule has 0 saturated heterocycles.